The van der Waals surface area contributed by atoms with E-state index in [0.717, 1.165) is 11.3 Å². The van der Waals surface area contributed by atoms with Crippen molar-refractivity contribution in [3.63, 3.8) is 0 Å². The Morgan fingerprint density at radius 1 is 1.38 bits per heavy atom. The van der Waals surface area contributed by atoms with Gasteiger partial charge >= 0.3 is 0 Å². The second-order valence-electron chi connectivity index (χ2n) is 3.60. The normalized spacial score (nSPS) is 12.6. The van der Waals surface area contributed by atoms with Crippen molar-refractivity contribution in [1.29, 1.82) is 0 Å². The summed E-state index contributed by atoms with van der Waals surface area (Å²) in [6.45, 7) is 0.579. The summed E-state index contributed by atoms with van der Waals surface area (Å²) < 4.78 is 1.91. The van der Waals surface area contributed by atoms with Gasteiger partial charge in [-0.1, -0.05) is 6.07 Å². The largest absolute Gasteiger partial charge is 0.394 e. The van der Waals surface area contributed by atoms with Crippen LogP contribution in [0.4, 0.5) is 0 Å². The molecular weight excluding hydrogens is 204 g/mol. The maximum Gasteiger partial charge on any atom is 0.0951 e. The minimum Gasteiger partial charge on any atom is -0.394 e. The Labute approximate surface area is 93.6 Å². The van der Waals surface area contributed by atoms with E-state index in [2.05, 4.69) is 9.97 Å². The molecule has 1 atom stereocenters. The minimum atomic E-state index is -0.390. The number of hydrogen-bond donors (Lipinski definition) is 2. The number of nitrogens with two attached hydrogens (primary N) is 1. The molecule has 2 heterocycles. The summed E-state index contributed by atoms with van der Waals surface area (Å²) in [4.78, 5) is 8.08. The predicted octanol–water partition coefficient (Wildman–Crippen LogP) is 0.318. The second kappa shape index (κ2) is 4.87. The highest BCUT2D eigenvalue weighted by atomic mass is 16.3. The van der Waals surface area contributed by atoms with Crippen LogP contribution in [-0.2, 0) is 6.54 Å². The van der Waals surface area contributed by atoms with Crippen LogP contribution >= 0.6 is 0 Å². The SMILES string of the molecule is NC(CO)c1cncn1Cc1cccnc1. The number of rotatable bonds is 4. The summed E-state index contributed by atoms with van der Waals surface area (Å²) in [5.41, 5.74) is 7.67. The molecule has 0 aliphatic heterocycles. The van der Waals surface area contributed by atoms with Crippen molar-refractivity contribution < 1.29 is 5.11 Å². The third kappa shape index (κ3) is 2.26. The lowest BCUT2D eigenvalue weighted by Gasteiger charge is -2.12. The number of hydrogen-bond acceptors (Lipinski definition) is 4. The van der Waals surface area contributed by atoms with Gasteiger partial charge in [-0.2, -0.15) is 0 Å². The third-order valence-electron chi connectivity index (χ3n) is 2.40. The van der Waals surface area contributed by atoms with E-state index in [4.69, 9.17) is 10.8 Å². The van der Waals surface area contributed by atoms with Crippen LogP contribution in [-0.4, -0.2) is 26.2 Å². The molecule has 0 aromatic carbocycles. The first-order valence-corrected chi connectivity index (χ1v) is 5.06. The maximum absolute atomic E-state index is 9.02. The third-order valence-corrected chi connectivity index (χ3v) is 2.40. The Hall–Kier alpha value is -1.72. The van der Waals surface area contributed by atoms with Crippen molar-refractivity contribution in [2.45, 2.75) is 12.6 Å². The Morgan fingerprint density at radius 3 is 2.94 bits per heavy atom. The highest BCUT2D eigenvalue weighted by Crippen LogP contribution is 2.11. The molecule has 0 amide bonds. The van der Waals surface area contributed by atoms with Gasteiger partial charge in [0, 0.05) is 18.6 Å². The monoisotopic (exact) mass is 218 g/mol. The molecular formula is C11H14N4O. The molecule has 0 aliphatic carbocycles. The van der Waals surface area contributed by atoms with E-state index in [1.807, 2.05) is 16.7 Å². The minimum absolute atomic E-state index is 0.0846. The fraction of sp³-hybridized carbons (Fsp3) is 0.273. The molecule has 0 saturated carbocycles. The Balaban J connectivity index is 2.19. The van der Waals surface area contributed by atoms with Crippen LogP contribution in [0, 0.1) is 0 Å². The average molecular weight is 218 g/mol. The molecule has 2 aromatic rings. The van der Waals surface area contributed by atoms with E-state index >= 15 is 0 Å². The summed E-state index contributed by atoms with van der Waals surface area (Å²) in [5.74, 6) is 0. The lowest BCUT2D eigenvalue weighted by Crippen LogP contribution is -2.19. The number of aliphatic hydroxyl groups is 1. The molecule has 0 saturated heterocycles. The molecule has 0 bridgehead atoms. The molecule has 1 unspecified atom stereocenters. The first-order valence-electron chi connectivity index (χ1n) is 5.06. The maximum atomic E-state index is 9.02. The fourth-order valence-electron chi connectivity index (χ4n) is 1.55. The molecule has 5 heteroatoms. The van der Waals surface area contributed by atoms with Gasteiger partial charge in [-0.05, 0) is 11.6 Å². The van der Waals surface area contributed by atoms with Crippen LogP contribution in [0.1, 0.15) is 17.3 Å². The Morgan fingerprint density at radius 2 is 2.25 bits per heavy atom. The summed E-state index contributed by atoms with van der Waals surface area (Å²) >= 11 is 0. The highest BCUT2D eigenvalue weighted by molar-refractivity contribution is 5.12. The van der Waals surface area contributed by atoms with Gasteiger partial charge in [-0.3, -0.25) is 4.98 Å². The molecule has 3 N–H and O–H groups in total. The van der Waals surface area contributed by atoms with Crippen molar-refractivity contribution in [3.8, 4) is 0 Å². The van der Waals surface area contributed by atoms with E-state index in [1.54, 1.807) is 24.9 Å². The topological polar surface area (TPSA) is 77.0 Å². The zero-order valence-corrected chi connectivity index (χ0v) is 8.82. The predicted molar refractivity (Wildman–Crippen MR) is 59.6 cm³/mol. The summed E-state index contributed by atoms with van der Waals surface area (Å²) in [6, 6.07) is 3.48. The number of imidazole rings is 1. The van der Waals surface area contributed by atoms with Gasteiger partial charge in [0.15, 0.2) is 0 Å². The van der Waals surface area contributed by atoms with Crippen LogP contribution < -0.4 is 5.73 Å². The van der Waals surface area contributed by atoms with Crippen molar-refractivity contribution in [2.75, 3.05) is 6.61 Å². The quantitative estimate of drug-likeness (QED) is 0.774. The molecule has 16 heavy (non-hydrogen) atoms. The zero-order chi connectivity index (χ0) is 11.4. The van der Waals surface area contributed by atoms with E-state index < -0.39 is 0 Å². The van der Waals surface area contributed by atoms with Gasteiger partial charge in [0.05, 0.1) is 31.2 Å². The second-order valence-corrected chi connectivity index (χ2v) is 3.60. The molecule has 0 radical (unpaired) electrons. The fourth-order valence-corrected chi connectivity index (χ4v) is 1.55. The summed E-state index contributed by atoms with van der Waals surface area (Å²) in [6.07, 6.45) is 6.92. The van der Waals surface area contributed by atoms with Crippen molar-refractivity contribution in [3.05, 3.63) is 48.3 Å². The van der Waals surface area contributed by atoms with Crippen molar-refractivity contribution in [1.82, 2.24) is 14.5 Å². The van der Waals surface area contributed by atoms with Gasteiger partial charge in [-0.25, -0.2) is 4.98 Å². The zero-order valence-electron chi connectivity index (χ0n) is 8.82. The van der Waals surface area contributed by atoms with Crippen molar-refractivity contribution in [2.24, 2.45) is 5.73 Å². The van der Waals surface area contributed by atoms with Gasteiger partial charge in [0.2, 0.25) is 0 Å². The van der Waals surface area contributed by atoms with E-state index in [1.165, 1.54) is 0 Å². The van der Waals surface area contributed by atoms with Crippen LogP contribution in [0.3, 0.4) is 0 Å². The Bertz CT molecular complexity index is 440. The number of pyridine rings is 1. The van der Waals surface area contributed by atoms with Gasteiger partial charge in [0.1, 0.15) is 0 Å². The molecule has 0 aliphatic rings. The highest BCUT2D eigenvalue weighted by Gasteiger charge is 2.10. The summed E-state index contributed by atoms with van der Waals surface area (Å²) in [7, 11) is 0. The number of aliphatic hydroxyl groups excluding tert-OH is 1. The molecule has 0 spiro atoms. The molecule has 84 valence electrons. The van der Waals surface area contributed by atoms with E-state index in [9.17, 15) is 0 Å². The molecule has 5 nitrogen and oxygen atoms in total. The van der Waals surface area contributed by atoms with Crippen LogP contribution in [0.25, 0.3) is 0 Å². The van der Waals surface area contributed by atoms with Crippen LogP contribution in [0.2, 0.25) is 0 Å². The van der Waals surface area contributed by atoms with E-state index in [0.29, 0.717) is 6.54 Å². The van der Waals surface area contributed by atoms with Crippen LogP contribution in [0.15, 0.2) is 37.1 Å². The lowest BCUT2D eigenvalue weighted by molar-refractivity contribution is 0.263. The molecule has 2 aromatic heterocycles. The molecule has 2 rings (SSSR count). The Kier molecular flexibility index (Phi) is 3.28. The van der Waals surface area contributed by atoms with Crippen LogP contribution in [0.5, 0.6) is 0 Å². The van der Waals surface area contributed by atoms with Crippen molar-refractivity contribution >= 4 is 0 Å². The van der Waals surface area contributed by atoms with Gasteiger partial charge in [0.25, 0.3) is 0 Å². The first kappa shape index (κ1) is 10.8. The smallest absolute Gasteiger partial charge is 0.0951 e. The standard InChI is InChI=1S/C11H14N4O/c12-10(7-16)11-5-14-8-15(11)6-9-2-1-3-13-4-9/h1-5,8,10,16H,6-7,12H2. The van der Waals surface area contributed by atoms with E-state index in [-0.39, 0.29) is 12.6 Å². The lowest BCUT2D eigenvalue weighted by atomic mass is 10.2. The molecule has 0 fully saturated rings. The van der Waals surface area contributed by atoms with Gasteiger partial charge in [-0.15, -0.1) is 0 Å². The first-order chi connectivity index (χ1) is 7.81. The number of nitrogens with zero attached hydrogens (tertiary/aromatic N) is 3. The number of aromatic nitrogens is 3. The van der Waals surface area contributed by atoms with Gasteiger partial charge < -0.3 is 15.4 Å². The average Bonchev–Trinajstić information content (AvgIpc) is 2.77. The summed E-state index contributed by atoms with van der Waals surface area (Å²) in [5, 5.41) is 9.02.